The molecule has 8 heteroatoms. The van der Waals surface area contributed by atoms with Gasteiger partial charge in [-0.3, -0.25) is 9.36 Å². The van der Waals surface area contributed by atoms with E-state index in [-0.39, 0.29) is 5.56 Å². The summed E-state index contributed by atoms with van der Waals surface area (Å²) in [6.45, 7) is 6.75. The van der Waals surface area contributed by atoms with Crippen LogP contribution in [0.5, 0.6) is 0 Å². The zero-order valence-electron chi connectivity index (χ0n) is 17.3. The molecular formula is C23H23N5OS2. The van der Waals surface area contributed by atoms with Crippen LogP contribution in [0.15, 0.2) is 52.9 Å². The Morgan fingerprint density at radius 1 is 1.32 bits per heavy atom. The van der Waals surface area contributed by atoms with Gasteiger partial charge in [-0.15, -0.1) is 28.1 Å². The van der Waals surface area contributed by atoms with Crippen molar-refractivity contribution in [1.82, 2.24) is 24.7 Å². The van der Waals surface area contributed by atoms with Crippen LogP contribution in [-0.4, -0.2) is 24.7 Å². The van der Waals surface area contributed by atoms with Crippen LogP contribution in [0, 0.1) is 5.92 Å². The minimum atomic E-state index is -0.0230. The van der Waals surface area contributed by atoms with Crippen LogP contribution in [0.2, 0.25) is 0 Å². The molecule has 1 N–H and O–H groups in total. The second-order valence-electron chi connectivity index (χ2n) is 7.90. The van der Waals surface area contributed by atoms with Crippen LogP contribution in [0.4, 0.5) is 0 Å². The Morgan fingerprint density at radius 3 is 2.97 bits per heavy atom. The maximum absolute atomic E-state index is 12.8. The molecule has 1 unspecified atom stereocenters. The van der Waals surface area contributed by atoms with Gasteiger partial charge in [-0.2, -0.15) is 0 Å². The first-order valence-electron chi connectivity index (χ1n) is 10.4. The summed E-state index contributed by atoms with van der Waals surface area (Å²) in [5.74, 6) is 2.67. The molecular weight excluding hydrogens is 426 g/mol. The van der Waals surface area contributed by atoms with E-state index in [1.54, 1.807) is 11.3 Å². The lowest BCUT2D eigenvalue weighted by Gasteiger charge is -2.17. The van der Waals surface area contributed by atoms with E-state index in [0.29, 0.717) is 24.0 Å². The molecule has 1 atom stereocenters. The molecule has 6 nitrogen and oxygen atoms in total. The van der Waals surface area contributed by atoms with Crippen LogP contribution < -0.4 is 5.56 Å². The van der Waals surface area contributed by atoms with Gasteiger partial charge in [-0.1, -0.05) is 55.1 Å². The van der Waals surface area contributed by atoms with Crippen molar-refractivity contribution >= 4 is 33.3 Å². The fourth-order valence-corrected chi connectivity index (χ4v) is 6.30. The monoisotopic (exact) mass is 449 g/mol. The normalized spacial score (nSPS) is 15.8. The maximum Gasteiger partial charge on any atom is 0.259 e. The summed E-state index contributed by atoms with van der Waals surface area (Å²) in [6.07, 6.45) is 5.00. The molecule has 5 rings (SSSR count). The van der Waals surface area contributed by atoms with E-state index in [0.717, 1.165) is 46.0 Å². The predicted molar refractivity (Wildman–Crippen MR) is 127 cm³/mol. The molecule has 0 radical (unpaired) electrons. The van der Waals surface area contributed by atoms with Gasteiger partial charge in [-0.05, 0) is 30.7 Å². The number of aryl methyl sites for hydroxylation is 1. The van der Waals surface area contributed by atoms with E-state index < -0.39 is 0 Å². The minimum absolute atomic E-state index is 0.0230. The van der Waals surface area contributed by atoms with E-state index in [1.807, 2.05) is 41.0 Å². The summed E-state index contributed by atoms with van der Waals surface area (Å²) in [6, 6.07) is 9.99. The largest absolute Gasteiger partial charge is 0.309 e. The van der Waals surface area contributed by atoms with Crippen molar-refractivity contribution in [3.05, 3.63) is 69.6 Å². The molecule has 0 amide bonds. The number of aromatic amines is 1. The lowest BCUT2D eigenvalue weighted by Crippen LogP contribution is -2.14. The summed E-state index contributed by atoms with van der Waals surface area (Å²) in [4.78, 5) is 22.8. The van der Waals surface area contributed by atoms with Crippen molar-refractivity contribution < 1.29 is 0 Å². The second kappa shape index (κ2) is 8.43. The molecule has 1 aliphatic carbocycles. The molecule has 0 spiro atoms. The lowest BCUT2D eigenvalue weighted by molar-refractivity contribution is 0.509. The molecule has 31 heavy (non-hydrogen) atoms. The fraction of sp³-hybridized carbons (Fsp3) is 0.304. The van der Waals surface area contributed by atoms with Crippen LogP contribution in [-0.2, 0) is 25.1 Å². The van der Waals surface area contributed by atoms with Gasteiger partial charge in [0.25, 0.3) is 5.56 Å². The van der Waals surface area contributed by atoms with Crippen molar-refractivity contribution in [2.45, 2.75) is 43.6 Å². The first-order valence-corrected chi connectivity index (χ1v) is 12.2. The smallest absolute Gasteiger partial charge is 0.259 e. The van der Waals surface area contributed by atoms with E-state index in [4.69, 9.17) is 4.98 Å². The molecule has 1 aliphatic rings. The number of hydrogen-bond acceptors (Lipinski definition) is 6. The van der Waals surface area contributed by atoms with Crippen LogP contribution in [0.3, 0.4) is 0 Å². The summed E-state index contributed by atoms with van der Waals surface area (Å²) in [5, 5.41) is 10.3. The fourth-order valence-electron chi connectivity index (χ4n) is 4.08. The van der Waals surface area contributed by atoms with Gasteiger partial charge in [0.2, 0.25) is 0 Å². The average molecular weight is 450 g/mol. The number of nitrogens with one attached hydrogen (secondary N) is 1. The number of H-pyrrole nitrogens is 1. The number of nitrogens with zero attached hydrogens (tertiary/aromatic N) is 4. The number of hydrogen-bond donors (Lipinski definition) is 1. The highest BCUT2D eigenvalue weighted by molar-refractivity contribution is 7.98. The van der Waals surface area contributed by atoms with Gasteiger partial charge in [0.05, 0.1) is 11.1 Å². The van der Waals surface area contributed by atoms with Crippen molar-refractivity contribution in [2.24, 2.45) is 5.92 Å². The number of fused-ring (bicyclic) bond motifs is 3. The van der Waals surface area contributed by atoms with Crippen molar-refractivity contribution in [3.63, 3.8) is 0 Å². The number of allylic oxidation sites excluding steroid dienone is 1. The van der Waals surface area contributed by atoms with Gasteiger partial charge in [0.15, 0.2) is 11.0 Å². The summed E-state index contributed by atoms with van der Waals surface area (Å²) >= 11 is 3.20. The third kappa shape index (κ3) is 3.85. The molecule has 3 aromatic heterocycles. The molecule has 1 aromatic carbocycles. The molecule has 0 saturated carbocycles. The van der Waals surface area contributed by atoms with Crippen molar-refractivity contribution in [2.75, 3.05) is 0 Å². The van der Waals surface area contributed by atoms with Crippen molar-refractivity contribution in [3.8, 4) is 11.4 Å². The van der Waals surface area contributed by atoms with E-state index in [9.17, 15) is 4.79 Å². The molecule has 0 aliphatic heterocycles. The van der Waals surface area contributed by atoms with E-state index in [2.05, 4.69) is 28.7 Å². The standard InChI is InChI=1S/C23H23N5OS2/c1-3-11-28-20(15-7-5-4-6-8-15)26-27-23(28)30-13-18-24-21(29)19-16-10-9-14(2)12-17(16)31-22(19)25-18/h3-8,14H,1,9-13H2,2H3,(H,24,25,29). The van der Waals surface area contributed by atoms with Gasteiger partial charge < -0.3 is 4.98 Å². The summed E-state index contributed by atoms with van der Waals surface area (Å²) < 4.78 is 2.04. The van der Waals surface area contributed by atoms with Gasteiger partial charge in [-0.25, -0.2) is 4.98 Å². The highest BCUT2D eigenvalue weighted by Crippen LogP contribution is 2.36. The SMILES string of the molecule is C=CCn1c(SCc2nc3sc4c(c3c(=O)[nH]2)CCC(C)C4)nnc1-c1ccccc1. The Kier molecular flexibility index (Phi) is 5.50. The Balaban J connectivity index is 1.43. The van der Waals surface area contributed by atoms with Gasteiger partial charge in [0, 0.05) is 17.0 Å². The highest BCUT2D eigenvalue weighted by Gasteiger charge is 2.23. The van der Waals surface area contributed by atoms with Crippen LogP contribution >= 0.6 is 23.1 Å². The van der Waals surface area contributed by atoms with Gasteiger partial charge >= 0.3 is 0 Å². The third-order valence-corrected chi connectivity index (χ3v) is 7.74. The molecule has 158 valence electrons. The predicted octanol–water partition coefficient (Wildman–Crippen LogP) is 4.85. The number of benzene rings is 1. The number of aromatic nitrogens is 5. The van der Waals surface area contributed by atoms with Crippen LogP contribution in [0.1, 0.15) is 29.6 Å². The summed E-state index contributed by atoms with van der Waals surface area (Å²) in [5.41, 5.74) is 2.20. The van der Waals surface area contributed by atoms with Crippen molar-refractivity contribution in [1.29, 1.82) is 0 Å². The number of rotatable bonds is 6. The highest BCUT2D eigenvalue weighted by atomic mass is 32.2. The Morgan fingerprint density at radius 2 is 2.16 bits per heavy atom. The number of thioether (sulfide) groups is 1. The van der Waals surface area contributed by atoms with E-state index >= 15 is 0 Å². The zero-order valence-corrected chi connectivity index (χ0v) is 18.9. The number of thiophene rings is 1. The van der Waals surface area contributed by atoms with Crippen LogP contribution in [0.25, 0.3) is 21.6 Å². The molecule has 0 fully saturated rings. The Labute approximate surface area is 188 Å². The van der Waals surface area contributed by atoms with E-state index in [1.165, 1.54) is 22.2 Å². The third-order valence-electron chi connectivity index (χ3n) is 5.61. The quantitative estimate of drug-likeness (QED) is 0.336. The van der Waals surface area contributed by atoms with Gasteiger partial charge in [0.1, 0.15) is 10.7 Å². The lowest BCUT2D eigenvalue weighted by atomic mass is 9.89. The molecule has 4 aromatic rings. The minimum Gasteiger partial charge on any atom is -0.309 e. The zero-order chi connectivity index (χ0) is 21.4. The first kappa shape index (κ1) is 20.2. The topological polar surface area (TPSA) is 76.5 Å². The Hall–Kier alpha value is -2.71. The first-order chi connectivity index (χ1) is 15.1. The molecule has 0 bridgehead atoms. The Bertz CT molecular complexity index is 1300. The second-order valence-corrected chi connectivity index (χ2v) is 9.93. The summed E-state index contributed by atoms with van der Waals surface area (Å²) in [7, 11) is 0. The molecule has 3 heterocycles. The molecule has 0 saturated heterocycles. The average Bonchev–Trinajstić information content (AvgIpc) is 3.34. The maximum atomic E-state index is 12.8.